The third-order valence-corrected chi connectivity index (χ3v) is 6.33. The molecule has 0 saturated heterocycles. The minimum absolute atomic E-state index is 0.311. The monoisotopic (exact) mass is 326 g/mol. The first-order valence-electron chi connectivity index (χ1n) is 10.0. The van der Waals surface area contributed by atoms with Gasteiger partial charge in [0.05, 0.1) is 6.04 Å². The Labute approximate surface area is 145 Å². The summed E-state index contributed by atoms with van der Waals surface area (Å²) >= 11 is 0. The number of aliphatic imine (C=N–C) groups is 1. The van der Waals surface area contributed by atoms with Crippen molar-refractivity contribution in [1.29, 1.82) is 0 Å². The highest BCUT2D eigenvalue weighted by molar-refractivity contribution is 5.93. The van der Waals surface area contributed by atoms with Crippen molar-refractivity contribution >= 4 is 5.90 Å². The van der Waals surface area contributed by atoms with Crippen molar-refractivity contribution in [2.24, 2.45) is 16.8 Å². The van der Waals surface area contributed by atoms with Crippen LogP contribution in [0.3, 0.4) is 0 Å². The summed E-state index contributed by atoms with van der Waals surface area (Å²) in [5, 5.41) is 0. The van der Waals surface area contributed by atoms with Gasteiger partial charge in [-0.25, -0.2) is 9.98 Å². The van der Waals surface area contributed by atoms with E-state index in [1.807, 2.05) is 0 Å². The van der Waals surface area contributed by atoms with Crippen LogP contribution in [-0.4, -0.2) is 23.5 Å². The molecule has 0 spiro atoms. The predicted octanol–water partition coefficient (Wildman–Crippen LogP) is 5.10. The zero-order chi connectivity index (χ0) is 16.4. The Hall–Kier alpha value is -1.38. The first kappa shape index (κ1) is 16.1. The zero-order valence-corrected chi connectivity index (χ0v) is 14.9. The molecule has 4 rings (SSSR count). The Balaban J connectivity index is 1.62. The lowest BCUT2D eigenvalue weighted by atomic mass is 9.77. The molecule has 1 atom stereocenters. The van der Waals surface area contributed by atoms with Gasteiger partial charge in [-0.1, -0.05) is 38.7 Å². The van der Waals surface area contributed by atoms with Crippen LogP contribution in [0.4, 0.5) is 0 Å². The molecular formula is C21H30N2O. The molecule has 1 aliphatic heterocycles. The van der Waals surface area contributed by atoms with Crippen molar-refractivity contribution in [1.82, 2.24) is 4.98 Å². The maximum absolute atomic E-state index is 5.82. The van der Waals surface area contributed by atoms with E-state index < -0.39 is 0 Å². The van der Waals surface area contributed by atoms with E-state index in [4.69, 9.17) is 14.7 Å². The lowest BCUT2D eigenvalue weighted by Gasteiger charge is -2.29. The van der Waals surface area contributed by atoms with Gasteiger partial charge >= 0.3 is 0 Å². The number of hydrogen-bond donors (Lipinski definition) is 0. The molecule has 24 heavy (non-hydrogen) atoms. The molecule has 0 unspecified atom stereocenters. The molecule has 2 saturated carbocycles. The minimum atomic E-state index is 0.311. The van der Waals surface area contributed by atoms with E-state index in [1.54, 1.807) is 0 Å². The molecule has 0 bridgehead atoms. The van der Waals surface area contributed by atoms with Gasteiger partial charge in [-0.3, -0.25) is 0 Å². The average molecular weight is 326 g/mol. The molecule has 0 amide bonds. The van der Waals surface area contributed by atoms with Crippen LogP contribution in [-0.2, 0) is 4.74 Å². The Morgan fingerprint density at radius 1 is 1.04 bits per heavy atom. The molecule has 3 aliphatic rings. The fourth-order valence-electron chi connectivity index (χ4n) is 5.02. The molecule has 0 aromatic carbocycles. The van der Waals surface area contributed by atoms with Crippen molar-refractivity contribution in [3.63, 3.8) is 0 Å². The van der Waals surface area contributed by atoms with Crippen LogP contribution in [0.1, 0.15) is 82.0 Å². The third-order valence-electron chi connectivity index (χ3n) is 6.33. The van der Waals surface area contributed by atoms with E-state index in [9.17, 15) is 0 Å². The summed E-state index contributed by atoms with van der Waals surface area (Å²) in [6.45, 7) is 2.88. The van der Waals surface area contributed by atoms with Crippen molar-refractivity contribution in [2.45, 2.75) is 76.7 Å². The van der Waals surface area contributed by atoms with E-state index in [0.29, 0.717) is 18.6 Å². The van der Waals surface area contributed by atoms with Gasteiger partial charge in [0.2, 0.25) is 5.90 Å². The first-order valence-corrected chi connectivity index (χ1v) is 10.0. The SMILES string of the molecule is CC[C@H]1COC(c2cccc(C(C3CCCC3)C3CCCC3)n2)=N1. The molecule has 1 aromatic heterocycles. The number of ether oxygens (including phenoxy) is 1. The second kappa shape index (κ2) is 7.25. The van der Waals surface area contributed by atoms with Crippen LogP contribution in [0.2, 0.25) is 0 Å². The van der Waals surface area contributed by atoms with Crippen molar-refractivity contribution in [3.05, 3.63) is 29.6 Å². The highest BCUT2D eigenvalue weighted by atomic mass is 16.5. The molecule has 2 fully saturated rings. The van der Waals surface area contributed by atoms with Gasteiger partial charge in [0.1, 0.15) is 12.3 Å². The molecular weight excluding hydrogens is 296 g/mol. The van der Waals surface area contributed by atoms with E-state index in [0.717, 1.165) is 29.8 Å². The predicted molar refractivity (Wildman–Crippen MR) is 97.5 cm³/mol. The maximum Gasteiger partial charge on any atom is 0.235 e. The molecule has 0 N–H and O–H groups in total. The second-order valence-corrected chi connectivity index (χ2v) is 7.87. The number of aromatic nitrogens is 1. The Bertz CT molecular complexity index is 569. The highest BCUT2D eigenvalue weighted by Gasteiger charge is 2.35. The Morgan fingerprint density at radius 3 is 2.29 bits per heavy atom. The normalized spacial score (nSPS) is 25.4. The fraction of sp³-hybridized carbons (Fsp3) is 0.714. The van der Waals surface area contributed by atoms with E-state index in [2.05, 4.69) is 25.1 Å². The van der Waals surface area contributed by atoms with E-state index in [1.165, 1.54) is 57.1 Å². The van der Waals surface area contributed by atoms with Crippen LogP contribution >= 0.6 is 0 Å². The van der Waals surface area contributed by atoms with Crippen LogP contribution in [0.25, 0.3) is 0 Å². The van der Waals surface area contributed by atoms with Gasteiger partial charge in [0.15, 0.2) is 0 Å². The summed E-state index contributed by atoms with van der Waals surface area (Å²) in [5.74, 6) is 3.09. The summed E-state index contributed by atoms with van der Waals surface area (Å²) < 4.78 is 5.82. The zero-order valence-electron chi connectivity index (χ0n) is 14.9. The Kier molecular flexibility index (Phi) is 4.86. The van der Waals surface area contributed by atoms with Crippen molar-refractivity contribution in [3.8, 4) is 0 Å². The number of nitrogens with zero attached hydrogens (tertiary/aromatic N) is 2. The molecule has 0 radical (unpaired) electrons. The van der Waals surface area contributed by atoms with Crippen LogP contribution in [0.15, 0.2) is 23.2 Å². The van der Waals surface area contributed by atoms with Crippen molar-refractivity contribution < 1.29 is 4.74 Å². The summed E-state index contributed by atoms with van der Waals surface area (Å²) in [6.07, 6.45) is 12.2. The Morgan fingerprint density at radius 2 is 1.71 bits per heavy atom. The van der Waals surface area contributed by atoms with Gasteiger partial charge in [-0.15, -0.1) is 0 Å². The summed E-state index contributed by atoms with van der Waals surface area (Å²) in [6, 6.07) is 6.81. The molecule has 1 aromatic rings. The van der Waals surface area contributed by atoms with Crippen LogP contribution in [0.5, 0.6) is 0 Å². The van der Waals surface area contributed by atoms with E-state index >= 15 is 0 Å². The second-order valence-electron chi connectivity index (χ2n) is 7.87. The maximum atomic E-state index is 5.82. The fourth-order valence-corrected chi connectivity index (χ4v) is 5.02. The van der Waals surface area contributed by atoms with Gasteiger partial charge in [0.25, 0.3) is 0 Å². The van der Waals surface area contributed by atoms with Crippen LogP contribution in [0, 0.1) is 11.8 Å². The number of hydrogen-bond acceptors (Lipinski definition) is 3. The average Bonchev–Trinajstić information content (AvgIpc) is 3.38. The topological polar surface area (TPSA) is 34.5 Å². The largest absolute Gasteiger partial charge is 0.474 e. The number of rotatable bonds is 5. The molecule has 2 heterocycles. The van der Waals surface area contributed by atoms with Gasteiger partial charge < -0.3 is 4.74 Å². The lowest BCUT2D eigenvalue weighted by Crippen LogP contribution is -2.20. The van der Waals surface area contributed by atoms with Crippen LogP contribution < -0.4 is 0 Å². The lowest BCUT2D eigenvalue weighted by molar-refractivity contribution is 0.306. The molecule has 130 valence electrons. The number of pyridine rings is 1. The van der Waals surface area contributed by atoms with Gasteiger partial charge in [-0.2, -0.15) is 0 Å². The summed E-state index contributed by atoms with van der Waals surface area (Å²) in [4.78, 5) is 9.76. The third kappa shape index (κ3) is 3.22. The minimum Gasteiger partial charge on any atom is -0.474 e. The van der Waals surface area contributed by atoms with Gasteiger partial charge in [0, 0.05) is 11.6 Å². The quantitative estimate of drug-likeness (QED) is 0.754. The smallest absolute Gasteiger partial charge is 0.235 e. The summed E-state index contributed by atoms with van der Waals surface area (Å²) in [7, 11) is 0. The molecule has 2 aliphatic carbocycles. The van der Waals surface area contributed by atoms with Gasteiger partial charge in [-0.05, 0) is 56.1 Å². The highest BCUT2D eigenvalue weighted by Crippen LogP contribution is 2.46. The van der Waals surface area contributed by atoms with Crippen molar-refractivity contribution in [2.75, 3.05) is 6.61 Å². The first-order chi connectivity index (χ1) is 11.8. The summed E-state index contributed by atoms with van der Waals surface area (Å²) in [5.41, 5.74) is 2.25. The molecule has 3 nitrogen and oxygen atoms in total. The standard InChI is InChI=1S/C21H30N2O/c1-2-17-14-24-21(22-17)19-13-7-12-18(23-19)20(15-8-3-4-9-15)16-10-5-6-11-16/h7,12-13,15-17,20H,2-6,8-11,14H2,1H3/t17-/m0/s1. The molecule has 3 heteroatoms. The van der Waals surface area contributed by atoms with E-state index in [-0.39, 0.29) is 0 Å².